The van der Waals surface area contributed by atoms with E-state index < -0.39 is 0 Å². The topological polar surface area (TPSA) is 58.6 Å². The smallest absolute Gasteiger partial charge is 0.229 e. The number of hydrogen-bond donors (Lipinski definition) is 1. The van der Waals surface area contributed by atoms with Gasteiger partial charge in [0.25, 0.3) is 0 Å². The molecule has 0 bridgehead atoms. The zero-order valence-corrected chi connectivity index (χ0v) is 15.5. The van der Waals surface area contributed by atoms with Crippen LogP contribution in [0.1, 0.15) is 17.5 Å². The molecule has 6 heteroatoms. The first-order chi connectivity index (χ1) is 12.5. The predicted octanol–water partition coefficient (Wildman–Crippen LogP) is 3.64. The van der Waals surface area contributed by atoms with Gasteiger partial charge in [0, 0.05) is 30.2 Å². The molecule has 0 aliphatic carbocycles. The monoisotopic (exact) mass is 372 g/mol. The van der Waals surface area contributed by atoms with E-state index in [0.29, 0.717) is 18.1 Å². The van der Waals surface area contributed by atoms with Crippen LogP contribution in [-0.2, 0) is 16.1 Å². The van der Waals surface area contributed by atoms with Gasteiger partial charge in [-0.05, 0) is 48.4 Å². The summed E-state index contributed by atoms with van der Waals surface area (Å²) in [5.74, 6) is 0.280. The van der Waals surface area contributed by atoms with Crippen molar-refractivity contribution in [2.75, 3.05) is 19.0 Å². The van der Waals surface area contributed by atoms with Crippen LogP contribution in [-0.4, -0.2) is 30.4 Å². The largest absolute Gasteiger partial charge is 0.497 e. The van der Waals surface area contributed by atoms with Crippen molar-refractivity contribution in [3.8, 4) is 5.75 Å². The molecule has 0 aromatic heterocycles. The van der Waals surface area contributed by atoms with Crippen molar-refractivity contribution < 1.29 is 14.3 Å². The number of likely N-dealkylation sites (tertiary alicyclic amines) is 1. The van der Waals surface area contributed by atoms with Gasteiger partial charge < -0.3 is 15.0 Å². The number of carbonyl (C=O) groups is 2. The molecule has 0 spiro atoms. The number of hydrogen-bond acceptors (Lipinski definition) is 3. The third kappa shape index (κ3) is 4.17. The quantitative estimate of drug-likeness (QED) is 0.871. The third-order valence-electron chi connectivity index (χ3n) is 4.56. The molecule has 2 amide bonds. The summed E-state index contributed by atoms with van der Waals surface area (Å²) in [6, 6.07) is 12.9. The highest BCUT2D eigenvalue weighted by molar-refractivity contribution is 6.30. The molecule has 26 heavy (non-hydrogen) atoms. The van der Waals surface area contributed by atoms with Crippen molar-refractivity contribution in [3.63, 3.8) is 0 Å². The Balaban J connectivity index is 1.61. The van der Waals surface area contributed by atoms with Gasteiger partial charge in [0.2, 0.25) is 11.8 Å². The zero-order chi connectivity index (χ0) is 18.7. The Bertz CT molecular complexity index is 820. The molecule has 3 rings (SSSR count). The molecule has 1 aliphatic rings. The fourth-order valence-electron chi connectivity index (χ4n) is 3.05. The molecular weight excluding hydrogens is 352 g/mol. The van der Waals surface area contributed by atoms with Crippen LogP contribution in [0.5, 0.6) is 5.75 Å². The molecule has 1 aliphatic heterocycles. The molecule has 136 valence electrons. The molecule has 0 saturated carbocycles. The maximum absolute atomic E-state index is 12.5. The van der Waals surface area contributed by atoms with E-state index in [9.17, 15) is 9.59 Å². The van der Waals surface area contributed by atoms with Crippen LogP contribution in [0.15, 0.2) is 42.5 Å². The fourth-order valence-corrected chi connectivity index (χ4v) is 3.28. The Morgan fingerprint density at radius 1 is 1.27 bits per heavy atom. The number of halogens is 1. The van der Waals surface area contributed by atoms with Gasteiger partial charge in [-0.2, -0.15) is 0 Å². The zero-order valence-electron chi connectivity index (χ0n) is 14.8. The molecule has 1 fully saturated rings. The maximum Gasteiger partial charge on any atom is 0.229 e. The second-order valence-corrected chi connectivity index (χ2v) is 6.91. The SMILES string of the molecule is COc1ccc(CN2CC(C(=O)Nc3ccc(Cl)cc3C)CC2=O)cc1. The molecule has 1 atom stereocenters. The number of anilines is 1. The first-order valence-electron chi connectivity index (χ1n) is 8.44. The third-order valence-corrected chi connectivity index (χ3v) is 4.80. The molecule has 1 N–H and O–H groups in total. The molecule has 1 heterocycles. The summed E-state index contributed by atoms with van der Waals surface area (Å²) in [5.41, 5.74) is 2.62. The lowest BCUT2D eigenvalue weighted by molar-refractivity contribution is -0.128. The second kappa shape index (κ2) is 7.79. The Labute approximate surface area is 157 Å². The highest BCUT2D eigenvalue weighted by atomic mass is 35.5. The highest BCUT2D eigenvalue weighted by Crippen LogP contribution is 2.25. The van der Waals surface area contributed by atoms with E-state index in [4.69, 9.17) is 16.3 Å². The van der Waals surface area contributed by atoms with Crippen LogP contribution < -0.4 is 10.1 Å². The number of nitrogens with zero attached hydrogens (tertiary/aromatic N) is 1. The van der Waals surface area contributed by atoms with E-state index in [1.807, 2.05) is 31.2 Å². The molecule has 1 saturated heterocycles. The Hall–Kier alpha value is -2.53. The summed E-state index contributed by atoms with van der Waals surface area (Å²) < 4.78 is 5.14. The van der Waals surface area contributed by atoms with Crippen LogP contribution in [0.4, 0.5) is 5.69 Å². The molecule has 2 aromatic carbocycles. The standard InChI is InChI=1S/C20H21ClN2O3/c1-13-9-16(21)5-8-18(13)22-20(25)15-10-19(24)23(12-15)11-14-3-6-17(26-2)7-4-14/h3-9,15H,10-12H2,1-2H3,(H,22,25). The van der Waals surface area contributed by atoms with Gasteiger partial charge in [0.1, 0.15) is 5.75 Å². The first kappa shape index (κ1) is 18.3. The molecule has 5 nitrogen and oxygen atoms in total. The lowest BCUT2D eigenvalue weighted by atomic mass is 10.1. The number of nitrogens with one attached hydrogen (secondary N) is 1. The van der Waals surface area contributed by atoms with Gasteiger partial charge in [-0.3, -0.25) is 9.59 Å². The fraction of sp³-hybridized carbons (Fsp3) is 0.300. The minimum Gasteiger partial charge on any atom is -0.497 e. The van der Waals surface area contributed by atoms with Crippen LogP contribution in [0.25, 0.3) is 0 Å². The minimum atomic E-state index is -0.351. The van der Waals surface area contributed by atoms with Crippen LogP contribution >= 0.6 is 11.6 Å². The summed E-state index contributed by atoms with van der Waals surface area (Å²) in [6.45, 7) is 2.80. The number of methoxy groups -OCH3 is 1. The van der Waals surface area contributed by atoms with Crippen LogP contribution in [0.3, 0.4) is 0 Å². The lowest BCUT2D eigenvalue weighted by Gasteiger charge is -2.17. The number of benzene rings is 2. The molecule has 2 aromatic rings. The van der Waals surface area contributed by atoms with E-state index in [1.165, 1.54) is 0 Å². The van der Waals surface area contributed by atoms with Gasteiger partial charge >= 0.3 is 0 Å². The normalized spacial score (nSPS) is 16.7. The number of ether oxygens (including phenoxy) is 1. The lowest BCUT2D eigenvalue weighted by Crippen LogP contribution is -2.28. The van der Waals surface area contributed by atoms with Gasteiger partial charge in [0.15, 0.2) is 0 Å². The van der Waals surface area contributed by atoms with Crippen molar-refractivity contribution in [2.24, 2.45) is 5.92 Å². The number of carbonyl (C=O) groups excluding carboxylic acids is 2. The van der Waals surface area contributed by atoms with E-state index in [-0.39, 0.29) is 24.2 Å². The summed E-state index contributed by atoms with van der Waals surface area (Å²) in [6.07, 6.45) is 0.231. The summed E-state index contributed by atoms with van der Waals surface area (Å²) in [5, 5.41) is 3.53. The molecule has 0 radical (unpaired) electrons. The number of amides is 2. The van der Waals surface area contributed by atoms with Crippen molar-refractivity contribution in [3.05, 3.63) is 58.6 Å². The average Bonchev–Trinajstić information content (AvgIpc) is 2.99. The van der Waals surface area contributed by atoms with Crippen LogP contribution in [0, 0.1) is 12.8 Å². The van der Waals surface area contributed by atoms with Crippen molar-refractivity contribution >= 4 is 29.1 Å². The first-order valence-corrected chi connectivity index (χ1v) is 8.82. The van der Waals surface area contributed by atoms with E-state index in [1.54, 1.807) is 30.2 Å². The summed E-state index contributed by atoms with van der Waals surface area (Å²) in [4.78, 5) is 26.5. The van der Waals surface area contributed by atoms with Gasteiger partial charge in [0.05, 0.1) is 13.0 Å². The molecular formula is C20H21ClN2O3. The molecule has 1 unspecified atom stereocenters. The van der Waals surface area contributed by atoms with E-state index in [0.717, 1.165) is 22.6 Å². The van der Waals surface area contributed by atoms with Crippen molar-refractivity contribution in [1.29, 1.82) is 0 Å². The van der Waals surface area contributed by atoms with Crippen molar-refractivity contribution in [1.82, 2.24) is 4.90 Å². The summed E-state index contributed by atoms with van der Waals surface area (Å²) >= 11 is 5.94. The van der Waals surface area contributed by atoms with Gasteiger partial charge in [-0.1, -0.05) is 23.7 Å². The van der Waals surface area contributed by atoms with Crippen LogP contribution in [0.2, 0.25) is 5.02 Å². The Kier molecular flexibility index (Phi) is 5.47. The Morgan fingerprint density at radius 2 is 2.00 bits per heavy atom. The average molecular weight is 373 g/mol. The second-order valence-electron chi connectivity index (χ2n) is 6.47. The minimum absolute atomic E-state index is 0.00574. The van der Waals surface area contributed by atoms with E-state index >= 15 is 0 Å². The Morgan fingerprint density at radius 3 is 2.65 bits per heavy atom. The highest BCUT2D eigenvalue weighted by Gasteiger charge is 2.34. The number of aryl methyl sites for hydroxylation is 1. The van der Waals surface area contributed by atoms with E-state index in [2.05, 4.69) is 5.32 Å². The maximum atomic E-state index is 12.5. The van der Waals surface area contributed by atoms with Gasteiger partial charge in [-0.25, -0.2) is 0 Å². The van der Waals surface area contributed by atoms with Crippen molar-refractivity contribution in [2.45, 2.75) is 19.9 Å². The number of rotatable bonds is 5. The van der Waals surface area contributed by atoms with Gasteiger partial charge in [-0.15, -0.1) is 0 Å². The summed E-state index contributed by atoms with van der Waals surface area (Å²) in [7, 11) is 1.62. The predicted molar refractivity (Wildman–Crippen MR) is 101 cm³/mol.